The molecule has 15 heavy (non-hydrogen) atoms. The summed E-state index contributed by atoms with van der Waals surface area (Å²) in [5.74, 6) is 0.982. The minimum atomic E-state index is 0.156. The van der Waals surface area contributed by atoms with Crippen molar-refractivity contribution in [2.45, 2.75) is 64.5 Å². The van der Waals surface area contributed by atoms with Crippen LogP contribution in [-0.4, -0.2) is 30.1 Å². The molecular formula is C13H28N2. The van der Waals surface area contributed by atoms with E-state index in [2.05, 4.69) is 32.7 Å². The lowest BCUT2D eigenvalue weighted by Crippen LogP contribution is -2.52. The molecule has 0 aliphatic heterocycles. The van der Waals surface area contributed by atoms with Gasteiger partial charge in [-0.25, -0.2) is 0 Å². The lowest BCUT2D eigenvalue weighted by atomic mass is 9.82. The van der Waals surface area contributed by atoms with Crippen LogP contribution in [0.5, 0.6) is 0 Å². The van der Waals surface area contributed by atoms with Gasteiger partial charge in [0.2, 0.25) is 0 Å². The Morgan fingerprint density at radius 2 is 1.73 bits per heavy atom. The van der Waals surface area contributed by atoms with Crippen molar-refractivity contribution >= 4 is 0 Å². The fraction of sp³-hybridized carbons (Fsp3) is 1.00. The summed E-state index contributed by atoms with van der Waals surface area (Å²) >= 11 is 0. The summed E-state index contributed by atoms with van der Waals surface area (Å²) in [4.78, 5) is 2.50. The van der Waals surface area contributed by atoms with E-state index in [9.17, 15) is 0 Å². The van der Waals surface area contributed by atoms with Gasteiger partial charge >= 0.3 is 0 Å². The minimum absolute atomic E-state index is 0.156. The van der Waals surface area contributed by atoms with E-state index in [0.717, 1.165) is 18.5 Å². The molecule has 0 heterocycles. The van der Waals surface area contributed by atoms with Crippen molar-refractivity contribution in [3.63, 3.8) is 0 Å². The van der Waals surface area contributed by atoms with E-state index in [4.69, 9.17) is 5.73 Å². The molecule has 1 rings (SSSR count). The zero-order chi connectivity index (χ0) is 11.5. The number of hydrogen-bond acceptors (Lipinski definition) is 2. The van der Waals surface area contributed by atoms with Gasteiger partial charge in [0.15, 0.2) is 0 Å². The molecule has 1 fully saturated rings. The maximum Gasteiger partial charge on any atom is 0.0275 e. The zero-order valence-electron chi connectivity index (χ0n) is 10.9. The molecule has 0 aromatic heterocycles. The van der Waals surface area contributed by atoms with Crippen LogP contribution < -0.4 is 5.73 Å². The van der Waals surface area contributed by atoms with Crippen LogP contribution >= 0.6 is 0 Å². The fourth-order valence-electron chi connectivity index (χ4n) is 2.58. The first kappa shape index (κ1) is 13.0. The summed E-state index contributed by atoms with van der Waals surface area (Å²) in [6.45, 7) is 7.56. The highest BCUT2D eigenvalue weighted by Gasteiger charge is 2.30. The zero-order valence-corrected chi connectivity index (χ0v) is 10.9. The van der Waals surface area contributed by atoms with Crippen LogP contribution in [-0.2, 0) is 0 Å². The van der Waals surface area contributed by atoms with Crippen molar-refractivity contribution in [3.8, 4) is 0 Å². The van der Waals surface area contributed by atoms with Gasteiger partial charge in [0, 0.05) is 18.1 Å². The van der Waals surface area contributed by atoms with E-state index in [1.807, 2.05) is 0 Å². The molecule has 0 aromatic rings. The Bertz CT molecular complexity index is 181. The molecule has 0 atom stereocenters. The van der Waals surface area contributed by atoms with Crippen LogP contribution in [0.3, 0.4) is 0 Å². The largest absolute Gasteiger partial charge is 0.329 e. The Labute approximate surface area is 95.2 Å². The summed E-state index contributed by atoms with van der Waals surface area (Å²) < 4.78 is 0. The molecule has 1 saturated carbocycles. The minimum Gasteiger partial charge on any atom is -0.329 e. The first-order valence-electron chi connectivity index (χ1n) is 6.44. The lowest BCUT2D eigenvalue weighted by Gasteiger charge is -2.43. The molecule has 1 aliphatic carbocycles. The maximum atomic E-state index is 5.83. The van der Waals surface area contributed by atoms with Crippen molar-refractivity contribution < 1.29 is 0 Å². The van der Waals surface area contributed by atoms with Gasteiger partial charge in [-0.1, -0.05) is 13.3 Å². The highest BCUT2D eigenvalue weighted by molar-refractivity contribution is 4.87. The maximum absolute atomic E-state index is 5.83. The van der Waals surface area contributed by atoms with Crippen molar-refractivity contribution in [1.82, 2.24) is 4.90 Å². The predicted octanol–water partition coefficient (Wildman–Crippen LogP) is 2.62. The second-order valence-electron chi connectivity index (χ2n) is 5.71. The Morgan fingerprint density at radius 3 is 2.13 bits per heavy atom. The number of nitrogens with zero attached hydrogens (tertiary/aromatic N) is 1. The van der Waals surface area contributed by atoms with Gasteiger partial charge in [-0.05, 0) is 52.5 Å². The molecule has 0 spiro atoms. The number of rotatable bonds is 4. The van der Waals surface area contributed by atoms with Gasteiger partial charge in [0.05, 0.1) is 0 Å². The summed E-state index contributed by atoms with van der Waals surface area (Å²) in [7, 11) is 2.24. The molecule has 90 valence electrons. The van der Waals surface area contributed by atoms with Crippen LogP contribution in [0.4, 0.5) is 0 Å². The van der Waals surface area contributed by atoms with Gasteiger partial charge in [0.25, 0.3) is 0 Å². The van der Waals surface area contributed by atoms with Gasteiger partial charge < -0.3 is 5.73 Å². The van der Waals surface area contributed by atoms with E-state index in [0.29, 0.717) is 0 Å². The average Bonchev–Trinajstić information content (AvgIpc) is 2.28. The monoisotopic (exact) mass is 212 g/mol. The van der Waals surface area contributed by atoms with Crippen molar-refractivity contribution in [1.29, 1.82) is 0 Å². The van der Waals surface area contributed by atoms with E-state index >= 15 is 0 Å². The van der Waals surface area contributed by atoms with Gasteiger partial charge in [-0.3, -0.25) is 4.90 Å². The topological polar surface area (TPSA) is 29.3 Å². The Kier molecular flexibility index (Phi) is 4.60. The van der Waals surface area contributed by atoms with Gasteiger partial charge in [-0.2, -0.15) is 0 Å². The molecule has 0 bridgehead atoms. The van der Waals surface area contributed by atoms with Crippen molar-refractivity contribution in [3.05, 3.63) is 0 Å². The predicted molar refractivity (Wildman–Crippen MR) is 66.9 cm³/mol. The molecule has 2 N–H and O–H groups in total. The average molecular weight is 212 g/mol. The Morgan fingerprint density at radius 1 is 1.20 bits per heavy atom. The highest BCUT2D eigenvalue weighted by Crippen LogP contribution is 2.31. The molecular weight excluding hydrogens is 184 g/mol. The van der Waals surface area contributed by atoms with Crippen molar-refractivity contribution in [2.75, 3.05) is 13.6 Å². The molecule has 1 aliphatic rings. The normalized spacial score (nSPS) is 28.4. The third-order valence-electron chi connectivity index (χ3n) is 4.40. The second kappa shape index (κ2) is 5.31. The van der Waals surface area contributed by atoms with E-state index in [1.54, 1.807) is 0 Å². The number of likely N-dealkylation sites (N-methyl/N-ethyl adjacent to an activating group) is 1. The van der Waals surface area contributed by atoms with Gasteiger partial charge in [0.1, 0.15) is 0 Å². The first-order chi connectivity index (χ1) is 7.01. The molecule has 0 radical (unpaired) electrons. The first-order valence-corrected chi connectivity index (χ1v) is 6.44. The second-order valence-corrected chi connectivity index (χ2v) is 5.71. The lowest BCUT2D eigenvalue weighted by molar-refractivity contribution is 0.0723. The summed E-state index contributed by atoms with van der Waals surface area (Å²) in [5, 5.41) is 0. The molecule has 0 aromatic carbocycles. The summed E-state index contributed by atoms with van der Waals surface area (Å²) in [5.41, 5.74) is 5.98. The highest BCUT2D eigenvalue weighted by atomic mass is 15.2. The van der Waals surface area contributed by atoms with Crippen LogP contribution in [0.15, 0.2) is 0 Å². The Hall–Kier alpha value is -0.0800. The van der Waals surface area contributed by atoms with Crippen LogP contribution in [0.25, 0.3) is 0 Å². The van der Waals surface area contributed by atoms with E-state index in [-0.39, 0.29) is 5.54 Å². The van der Waals surface area contributed by atoms with Crippen molar-refractivity contribution in [2.24, 2.45) is 11.7 Å². The Balaban J connectivity index is 2.46. The van der Waals surface area contributed by atoms with Crippen LogP contribution in [0.2, 0.25) is 0 Å². The molecule has 0 saturated heterocycles. The SMILES string of the molecule is CCC1CCC(N(C)C(C)(C)CN)CC1. The third-order valence-corrected chi connectivity index (χ3v) is 4.40. The van der Waals surface area contributed by atoms with Gasteiger partial charge in [-0.15, -0.1) is 0 Å². The van der Waals surface area contributed by atoms with Crippen LogP contribution in [0, 0.1) is 5.92 Å². The molecule has 0 unspecified atom stereocenters. The summed E-state index contributed by atoms with van der Waals surface area (Å²) in [6.07, 6.45) is 6.89. The summed E-state index contributed by atoms with van der Waals surface area (Å²) in [6, 6.07) is 0.756. The standard InChI is InChI=1S/C13H28N2/c1-5-11-6-8-12(9-7-11)15(4)13(2,3)10-14/h11-12H,5-10,14H2,1-4H3. The molecule has 2 heteroatoms. The van der Waals surface area contributed by atoms with E-state index < -0.39 is 0 Å². The fourth-order valence-corrected chi connectivity index (χ4v) is 2.58. The van der Waals surface area contributed by atoms with Crippen LogP contribution in [0.1, 0.15) is 52.9 Å². The smallest absolute Gasteiger partial charge is 0.0275 e. The third kappa shape index (κ3) is 3.18. The molecule has 0 amide bonds. The number of nitrogens with two attached hydrogens (primary N) is 1. The van der Waals surface area contributed by atoms with E-state index in [1.165, 1.54) is 32.1 Å². The quantitative estimate of drug-likeness (QED) is 0.776. The molecule has 2 nitrogen and oxygen atoms in total. The number of hydrogen-bond donors (Lipinski definition) is 1.